The zero-order chi connectivity index (χ0) is 7.49. The molecule has 0 rings (SSSR count). The van der Waals surface area contributed by atoms with Crippen molar-refractivity contribution in [1.29, 1.82) is 0 Å². The first kappa shape index (κ1) is 9.10. The van der Waals surface area contributed by atoms with E-state index in [9.17, 15) is 4.80 Å². The molecular formula is C5H13O3Si. The third-order valence-electron chi connectivity index (χ3n) is 0.996. The Bertz CT molecular complexity index is 74.8. The molecule has 0 aromatic rings. The van der Waals surface area contributed by atoms with Crippen molar-refractivity contribution in [2.24, 2.45) is 0 Å². The summed E-state index contributed by atoms with van der Waals surface area (Å²) in [5.74, 6) is -0.516. The summed E-state index contributed by atoms with van der Waals surface area (Å²) in [6.07, 6.45) is 0. The molecule has 0 heterocycles. The number of rotatable bonds is 3. The second-order valence-corrected chi connectivity index (χ2v) is 6.09. The molecule has 0 atom stereocenters. The zero-order valence-corrected chi connectivity index (χ0v) is 7.30. The van der Waals surface area contributed by atoms with Crippen LogP contribution in [0.2, 0.25) is 13.1 Å². The minimum atomic E-state index is -2.48. The van der Waals surface area contributed by atoms with Crippen LogP contribution < -0.4 is 0 Å². The standard InChI is InChI=1S/C5H13O3Si/c1-7-5(8-2)9(3,4)6/h5H,1-4H3. The predicted octanol–water partition coefficient (Wildman–Crippen LogP) is 0.780. The van der Waals surface area contributed by atoms with Crippen molar-refractivity contribution in [1.82, 2.24) is 0 Å². The van der Waals surface area contributed by atoms with Crippen molar-refractivity contribution in [3.63, 3.8) is 0 Å². The average Bonchev–Trinajstić information content (AvgIpc) is 1.65. The molecular weight excluding hydrogens is 136 g/mol. The quantitative estimate of drug-likeness (QED) is 0.439. The Hall–Kier alpha value is 0.0969. The first-order valence-electron chi connectivity index (χ1n) is 2.78. The van der Waals surface area contributed by atoms with Gasteiger partial charge in [0.25, 0.3) is 8.32 Å². The van der Waals surface area contributed by atoms with E-state index >= 15 is 0 Å². The Kier molecular flexibility index (Phi) is 3.35. The molecule has 4 heteroatoms. The van der Waals surface area contributed by atoms with Crippen molar-refractivity contribution in [2.75, 3.05) is 14.2 Å². The highest BCUT2D eigenvalue weighted by Crippen LogP contribution is 2.07. The lowest BCUT2D eigenvalue weighted by Crippen LogP contribution is -2.42. The molecule has 0 amide bonds. The van der Waals surface area contributed by atoms with E-state index in [1.165, 1.54) is 14.2 Å². The van der Waals surface area contributed by atoms with Gasteiger partial charge in [0.05, 0.1) is 0 Å². The van der Waals surface area contributed by atoms with Gasteiger partial charge >= 0.3 is 0 Å². The van der Waals surface area contributed by atoms with E-state index in [1.54, 1.807) is 13.1 Å². The van der Waals surface area contributed by atoms with E-state index < -0.39 is 14.2 Å². The molecule has 0 aliphatic carbocycles. The molecule has 0 saturated carbocycles. The molecule has 0 aromatic carbocycles. The lowest BCUT2D eigenvalue weighted by Gasteiger charge is -2.20. The molecule has 1 radical (unpaired) electrons. The summed E-state index contributed by atoms with van der Waals surface area (Å²) in [4.78, 5) is 11.2. The van der Waals surface area contributed by atoms with Crippen molar-refractivity contribution in [2.45, 2.75) is 19.0 Å². The summed E-state index contributed by atoms with van der Waals surface area (Å²) >= 11 is 0. The van der Waals surface area contributed by atoms with Gasteiger partial charge in [0, 0.05) is 14.2 Å². The van der Waals surface area contributed by atoms with Crippen LogP contribution in [0, 0.1) is 0 Å². The highest BCUT2D eigenvalue weighted by Gasteiger charge is 2.32. The van der Waals surface area contributed by atoms with E-state index in [-0.39, 0.29) is 0 Å². The lowest BCUT2D eigenvalue weighted by molar-refractivity contribution is -0.0612. The van der Waals surface area contributed by atoms with Crippen molar-refractivity contribution >= 4 is 8.32 Å². The zero-order valence-electron chi connectivity index (χ0n) is 6.30. The second-order valence-electron chi connectivity index (χ2n) is 2.41. The first-order chi connectivity index (χ1) is 4.02. The predicted molar refractivity (Wildman–Crippen MR) is 36.0 cm³/mol. The molecule has 0 fully saturated rings. The molecule has 0 bridgehead atoms. The maximum absolute atomic E-state index is 11.2. The van der Waals surface area contributed by atoms with Gasteiger partial charge in [-0.3, -0.25) is 4.80 Å². The summed E-state index contributed by atoms with van der Waals surface area (Å²) < 4.78 is 9.58. The molecule has 0 aliphatic rings. The highest BCUT2D eigenvalue weighted by molar-refractivity contribution is 6.70. The third-order valence-corrected chi connectivity index (χ3v) is 2.60. The van der Waals surface area contributed by atoms with Crippen LogP contribution in [-0.2, 0) is 14.3 Å². The fraction of sp³-hybridized carbons (Fsp3) is 1.00. The third kappa shape index (κ3) is 2.95. The Labute approximate surface area is 56.7 Å². The van der Waals surface area contributed by atoms with Gasteiger partial charge in [-0.2, -0.15) is 0 Å². The fourth-order valence-electron chi connectivity index (χ4n) is 0.664. The summed E-state index contributed by atoms with van der Waals surface area (Å²) in [6, 6.07) is 0. The maximum Gasteiger partial charge on any atom is 0.290 e. The van der Waals surface area contributed by atoms with E-state index in [4.69, 9.17) is 9.47 Å². The van der Waals surface area contributed by atoms with Crippen LogP contribution in [0.25, 0.3) is 0 Å². The second kappa shape index (κ2) is 3.31. The number of methoxy groups -OCH3 is 2. The molecule has 0 N–H and O–H groups in total. The molecule has 0 aromatic heterocycles. The summed E-state index contributed by atoms with van der Waals surface area (Å²) in [5.41, 5.74) is 0. The van der Waals surface area contributed by atoms with E-state index in [2.05, 4.69) is 0 Å². The normalized spacial score (nSPS) is 12.7. The van der Waals surface area contributed by atoms with Crippen LogP contribution in [0.15, 0.2) is 0 Å². The molecule has 0 spiro atoms. The Balaban J connectivity index is 3.79. The van der Waals surface area contributed by atoms with Gasteiger partial charge in [0.15, 0.2) is 5.91 Å². The molecule has 0 aliphatic heterocycles. The van der Waals surface area contributed by atoms with E-state index in [0.29, 0.717) is 0 Å². The highest BCUT2D eigenvalue weighted by atomic mass is 28.4. The molecule has 9 heavy (non-hydrogen) atoms. The molecule has 55 valence electrons. The maximum atomic E-state index is 11.2. The first-order valence-corrected chi connectivity index (χ1v) is 5.77. The van der Waals surface area contributed by atoms with Gasteiger partial charge in [-0.15, -0.1) is 0 Å². The summed E-state index contributed by atoms with van der Waals surface area (Å²) in [6.45, 7) is 3.31. The minimum Gasteiger partial charge on any atom is -0.356 e. The van der Waals surface area contributed by atoms with Gasteiger partial charge in [0.1, 0.15) is 0 Å². The molecule has 3 nitrogen and oxygen atoms in total. The van der Waals surface area contributed by atoms with Crippen LogP contribution in [0.1, 0.15) is 0 Å². The van der Waals surface area contributed by atoms with Crippen LogP contribution in [0.4, 0.5) is 0 Å². The number of hydrogen-bond donors (Lipinski definition) is 0. The molecule has 0 saturated heterocycles. The molecule has 0 unspecified atom stereocenters. The number of hydrogen-bond acceptors (Lipinski definition) is 2. The summed E-state index contributed by atoms with van der Waals surface area (Å²) in [5, 5.41) is 0. The smallest absolute Gasteiger partial charge is 0.290 e. The fourth-order valence-corrected chi connectivity index (χ4v) is 1.80. The van der Waals surface area contributed by atoms with Gasteiger partial charge < -0.3 is 9.47 Å². The van der Waals surface area contributed by atoms with Crippen LogP contribution in [0.5, 0.6) is 0 Å². The topological polar surface area (TPSA) is 38.4 Å². The van der Waals surface area contributed by atoms with Gasteiger partial charge in [-0.25, -0.2) is 0 Å². The lowest BCUT2D eigenvalue weighted by atomic mass is 11.3. The Morgan fingerprint density at radius 2 is 1.56 bits per heavy atom. The Morgan fingerprint density at radius 1 is 1.22 bits per heavy atom. The SMILES string of the molecule is COC(OC)[Si](C)(C)[O]. The van der Waals surface area contributed by atoms with Gasteiger partial charge in [0.2, 0.25) is 0 Å². The average molecular weight is 149 g/mol. The van der Waals surface area contributed by atoms with Crippen LogP contribution in [-0.4, -0.2) is 28.5 Å². The van der Waals surface area contributed by atoms with Crippen molar-refractivity contribution < 1.29 is 14.3 Å². The summed E-state index contributed by atoms with van der Waals surface area (Å²) in [7, 11) is 0.493. The van der Waals surface area contributed by atoms with Crippen LogP contribution >= 0.6 is 0 Å². The minimum absolute atomic E-state index is 0.516. The van der Waals surface area contributed by atoms with E-state index in [0.717, 1.165) is 0 Å². The monoisotopic (exact) mass is 149 g/mol. The Morgan fingerprint density at radius 3 is 1.56 bits per heavy atom. The van der Waals surface area contributed by atoms with E-state index in [1.807, 2.05) is 0 Å². The van der Waals surface area contributed by atoms with Gasteiger partial charge in [-0.1, -0.05) is 0 Å². The number of ether oxygens (including phenoxy) is 2. The van der Waals surface area contributed by atoms with Crippen LogP contribution in [0.3, 0.4) is 0 Å². The van der Waals surface area contributed by atoms with Crippen molar-refractivity contribution in [3.05, 3.63) is 0 Å². The van der Waals surface area contributed by atoms with Gasteiger partial charge in [-0.05, 0) is 13.1 Å². The largest absolute Gasteiger partial charge is 0.356 e. The van der Waals surface area contributed by atoms with Crippen molar-refractivity contribution in [3.8, 4) is 0 Å².